The molecule has 108 valence electrons. The first-order chi connectivity index (χ1) is 10.1. The summed E-state index contributed by atoms with van der Waals surface area (Å²) in [5.41, 5.74) is 3.94. The van der Waals surface area contributed by atoms with E-state index in [0.29, 0.717) is 0 Å². The van der Waals surface area contributed by atoms with Crippen LogP contribution in [0.3, 0.4) is 0 Å². The SMILES string of the molecule is Cc1ccc(CSc2nnc(-c3ccco3)n2C)cc1C. The predicted octanol–water partition coefficient (Wildman–Crippen LogP) is 3.98. The molecule has 0 amide bonds. The van der Waals surface area contributed by atoms with E-state index in [1.807, 2.05) is 23.7 Å². The van der Waals surface area contributed by atoms with Gasteiger partial charge in [0.15, 0.2) is 16.7 Å². The molecule has 1 aromatic carbocycles. The minimum absolute atomic E-state index is 0.739. The third-order valence-corrected chi connectivity index (χ3v) is 4.61. The third-order valence-electron chi connectivity index (χ3n) is 3.52. The lowest BCUT2D eigenvalue weighted by atomic mass is 10.1. The first-order valence-corrected chi connectivity index (χ1v) is 7.76. The molecule has 3 aromatic rings. The maximum atomic E-state index is 5.37. The standard InChI is InChI=1S/C16H17N3OS/c1-11-6-7-13(9-12(11)2)10-21-16-18-17-15(19(16)3)14-5-4-8-20-14/h4-9H,10H2,1-3H3. The van der Waals surface area contributed by atoms with Crippen LogP contribution in [0.1, 0.15) is 16.7 Å². The molecule has 21 heavy (non-hydrogen) atoms. The van der Waals surface area contributed by atoms with Gasteiger partial charge in [-0.15, -0.1) is 10.2 Å². The van der Waals surface area contributed by atoms with Gasteiger partial charge in [0.05, 0.1) is 6.26 Å². The summed E-state index contributed by atoms with van der Waals surface area (Å²) in [4.78, 5) is 0. The lowest BCUT2D eigenvalue weighted by molar-refractivity contribution is 0.572. The molecule has 0 atom stereocenters. The van der Waals surface area contributed by atoms with Gasteiger partial charge < -0.3 is 8.98 Å². The summed E-state index contributed by atoms with van der Waals surface area (Å²) in [6.07, 6.45) is 1.64. The van der Waals surface area contributed by atoms with Crippen molar-refractivity contribution in [1.29, 1.82) is 0 Å². The number of rotatable bonds is 4. The molecule has 0 saturated heterocycles. The van der Waals surface area contributed by atoms with Crippen molar-refractivity contribution in [2.45, 2.75) is 24.8 Å². The van der Waals surface area contributed by atoms with Crippen molar-refractivity contribution in [3.05, 3.63) is 53.3 Å². The molecule has 2 heterocycles. The Hall–Kier alpha value is -2.01. The van der Waals surface area contributed by atoms with Crippen LogP contribution >= 0.6 is 11.8 Å². The summed E-state index contributed by atoms with van der Waals surface area (Å²) in [7, 11) is 1.96. The van der Waals surface area contributed by atoms with Gasteiger partial charge in [-0.1, -0.05) is 30.0 Å². The van der Waals surface area contributed by atoms with Gasteiger partial charge in [0.2, 0.25) is 0 Å². The number of furan rings is 1. The summed E-state index contributed by atoms with van der Waals surface area (Å²) < 4.78 is 7.34. The number of hydrogen-bond acceptors (Lipinski definition) is 4. The molecule has 0 fully saturated rings. The van der Waals surface area contributed by atoms with Crippen molar-refractivity contribution in [3.8, 4) is 11.6 Å². The smallest absolute Gasteiger partial charge is 0.200 e. The molecular formula is C16H17N3OS. The van der Waals surface area contributed by atoms with Gasteiger partial charge in [0.1, 0.15) is 0 Å². The molecule has 0 radical (unpaired) electrons. The zero-order chi connectivity index (χ0) is 14.8. The second kappa shape index (κ2) is 5.77. The molecule has 0 bridgehead atoms. The number of thioether (sulfide) groups is 1. The maximum Gasteiger partial charge on any atom is 0.200 e. The van der Waals surface area contributed by atoms with Crippen molar-refractivity contribution >= 4 is 11.8 Å². The molecule has 3 rings (SSSR count). The van der Waals surface area contributed by atoms with Crippen molar-refractivity contribution in [1.82, 2.24) is 14.8 Å². The molecule has 0 unspecified atom stereocenters. The minimum atomic E-state index is 0.739. The monoisotopic (exact) mass is 299 g/mol. The van der Waals surface area contributed by atoms with Crippen molar-refractivity contribution < 1.29 is 4.42 Å². The van der Waals surface area contributed by atoms with Gasteiger partial charge in [-0.25, -0.2) is 0 Å². The van der Waals surface area contributed by atoms with E-state index in [-0.39, 0.29) is 0 Å². The highest BCUT2D eigenvalue weighted by molar-refractivity contribution is 7.98. The van der Waals surface area contributed by atoms with Crippen LogP contribution in [0.25, 0.3) is 11.6 Å². The Morgan fingerprint density at radius 2 is 2.00 bits per heavy atom. The van der Waals surface area contributed by atoms with Gasteiger partial charge in [-0.2, -0.15) is 0 Å². The zero-order valence-corrected chi connectivity index (χ0v) is 13.1. The first kappa shape index (κ1) is 13.9. The Labute approximate surface area is 128 Å². The molecule has 0 aliphatic carbocycles. The second-order valence-corrected chi connectivity index (χ2v) is 5.99. The van der Waals surface area contributed by atoms with Crippen molar-refractivity contribution in [3.63, 3.8) is 0 Å². The molecule has 2 aromatic heterocycles. The Bertz CT molecular complexity index is 747. The fourth-order valence-electron chi connectivity index (χ4n) is 2.10. The molecular weight excluding hydrogens is 282 g/mol. The molecule has 0 saturated carbocycles. The van der Waals surface area contributed by atoms with E-state index < -0.39 is 0 Å². The van der Waals surface area contributed by atoms with Gasteiger partial charge in [-0.3, -0.25) is 0 Å². The highest BCUT2D eigenvalue weighted by Gasteiger charge is 2.13. The summed E-state index contributed by atoms with van der Waals surface area (Å²) in [6, 6.07) is 10.3. The summed E-state index contributed by atoms with van der Waals surface area (Å²) in [5, 5.41) is 9.33. The Morgan fingerprint density at radius 1 is 1.14 bits per heavy atom. The minimum Gasteiger partial charge on any atom is -0.461 e. The normalized spacial score (nSPS) is 11.0. The van der Waals surface area contributed by atoms with Gasteiger partial charge in [0, 0.05) is 12.8 Å². The summed E-state index contributed by atoms with van der Waals surface area (Å²) in [6.45, 7) is 4.27. The Balaban J connectivity index is 1.75. The highest BCUT2D eigenvalue weighted by Crippen LogP contribution is 2.25. The van der Waals surface area contributed by atoms with Gasteiger partial charge in [0.25, 0.3) is 0 Å². The van der Waals surface area contributed by atoms with E-state index >= 15 is 0 Å². The zero-order valence-electron chi connectivity index (χ0n) is 12.3. The predicted molar refractivity (Wildman–Crippen MR) is 84.2 cm³/mol. The first-order valence-electron chi connectivity index (χ1n) is 6.77. The molecule has 0 aliphatic heterocycles. The Morgan fingerprint density at radius 3 is 2.71 bits per heavy atom. The van der Waals surface area contributed by atoms with Crippen molar-refractivity contribution in [2.24, 2.45) is 7.05 Å². The highest BCUT2D eigenvalue weighted by atomic mass is 32.2. The van der Waals surface area contributed by atoms with E-state index in [2.05, 4.69) is 42.2 Å². The van der Waals surface area contributed by atoms with Crippen LogP contribution in [0.5, 0.6) is 0 Å². The van der Waals surface area contributed by atoms with E-state index in [4.69, 9.17) is 4.42 Å². The van der Waals surface area contributed by atoms with Crippen LogP contribution in [0.15, 0.2) is 46.2 Å². The van der Waals surface area contributed by atoms with Crippen LogP contribution in [0, 0.1) is 13.8 Å². The van der Waals surface area contributed by atoms with Crippen LogP contribution in [0.2, 0.25) is 0 Å². The number of hydrogen-bond donors (Lipinski definition) is 0. The lowest BCUT2D eigenvalue weighted by Crippen LogP contribution is -1.94. The van der Waals surface area contributed by atoms with Crippen LogP contribution in [-0.4, -0.2) is 14.8 Å². The number of aryl methyl sites for hydroxylation is 2. The maximum absolute atomic E-state index is 5.37. The number of benzene rings is 1. The summed E-state index contributed by atoms with van der Waals surface area (Å²) >= 11 is 1.68. The third kappa shape index (κ3) is 2.88. The number of aromatic nitrogens is 3. The topological polar surface area (TPSA) is 43.9 Å². The van der Waals surface area contributed by atoms with Crippen LogP contribution < -0.4 is 0 Å². The van der Waals surface area contributed by atoms with E-state index in [9.17, 15) is 0 Å². The number of nitrogens with zero attached hydrogens (tertiary/aromatic N) is 3. The quantitative estimate of drug-likeness (QED) is 0.683. The van der Waals surface area contributed by atoms with E-state index in [1.165, 1.54) is 16.7 Å². The molecule has 0 aliphatic rings. The van der Waals surface area contributed by atoms with Crippen LogP contribution in [-0.2, 0) is 12.8 Å². The van der Waals surface area contributed by atoms with Gasteiger partial charge in [-0.05, 0) is 42.7 Å². The fraction of sp³-hybridized carbons (Fsp3) is 0.250. The second-order valence-electron chi connectivity index (χ2n) is 5.05. The Kier molecular flexibility index (Phi) is 3.84. The largest absolute Gasteiger partial charge is 0.461 e. The van der Waals surface area contributed by atoms with Gasteiger partial charge >= 0.3 is 0 Å². The van der Waals surface area contributed by atoms with E-state index in [1.54, 1.807) is 18.0 Å². The molecule has 4 nitrogen and oxygen atoms in total. The molecule has 5 heteroatoms. The molecule has 0 N–H and O–H groups in total. The fourth-order valence-corrected chi connectivity index (χ4v) is 2.96. The lowest BCUT2D eigenvalue weighted by Gasteiger charge is -2.05. The van der Waals surface area contributed by atoms with Crippen molar-refractivity contribution in [2.75, 3.05) is 0 Å². The van der Waals surface area contributed by atoms with Crippen LogP contribution in [0.4, 0.5) is 0 Å². The summed E-state index contributed by atoms with van der Waals surface area (Å²) in [5.74, 6) is 2.37. The average molecular weight is 299 g/mol. The average Bonchev–Trinajstić information content (AvgIpc) is 3.10. The van der Waals surface area contributed by atoms with E-state index in [0.717, 1.165) is 22.5 Å². The molecule has 0 spiro atoms.